The van der Waals surface area contributed by atoms with Crippen molar-refractivity contribution in [1.29, 1.82) is 0 Å². The zero-order valence-corrected chi connectivity index (χ0v) is 13.3. The first-order chi connectivity index (χ1) is 10.4. The van der Waals surface area contributed by atoms with Gasteiger partial charge in [-0.15, -0.1) is 12.4 Å². The molecule has 1 unspecified atom stereocenters. The summed E-state index contributed by atoms with van der Waals surface area (Å²) < 4.78 is 0. The van der Waals surface area contributed by atoms with E-state index in [1.54, 1.807) is 0 Å². The summed E-state index contributed by atoms with van der Waals surface area (Å²) >= 11 is 0. The lowest BCUT2D eigenvalue weighted by Crippen LogP contribution is -2.24. The lowest BCUT2D eigenvalue weighted by Gasteiger charge is -2.24. The topological polar surface area (TPSA) is 27.8 Å². The highest BCUT2D eigenvalue weighted by atomic mass is 35.5. The molecule has 0 radical (unpaired) electrons. The van der Waals surface area contributed by atoms with Gasteiger partial charge in [0.2, 0.25) is 0 Å². The maximum atomic E-state index is 3.72. The smallest absolute Gasteiger partial charge is 0.0478 e. The number of hydrogen-bond donors (Lipinski definition) is 2. The van der Waals surface area contributed by atoms with Gasteiger partial charge >= 0.3 is 0 Å². The molecular weight excluding hydrogens is 292 g/mol. The minimum absolute atomic E-state index is 0. The van der Waals surface area contributed by atoms with E-state index in [9.17, 15) is 0 Å². The highest BCUT2D eigenvalue weighted by molar-refractivity contribution is 5.85. The molecule has 0 saturated heterocycles. The average Bonchev–Trinajstić information content (AvgIpc) is 2.93. The molecule has 114 valence electrons. The number of benzene rings is 2. The molecule has 0 bridgehead atoms. The quantitative estimate of drug-likeness (QED) is 0.717. The Labute approximate surface area is 137 Å². The first-order valence-corrected chi connectivity index (χ1v) is 7.78. The maximum Gasteiger partial charge on any atom is 0.0478 e. The monoisotopic (exact) mass is 312 g/mol. The zero-order valence-electron chi connectivity index (χ0n) is 12.5. The molecule has 3 aromatic rings. The molecule has 2 N–H and O–H groups in total. The van der Waals surface area contributed by atoms with Crippen LogP contribution in [0.3, 0.4) is 0 Å². The fourth-order valence-electron chi connectivity index (χ4n) is 3.46. The Hall–Kier alpha value is -1.77. The number of aryl methyl sites for hydroxylation is 1. The molecule has 0 saturated carbocycles. The van der Waals surface area contributed by atoms with E-state index in [0.29, 0.717) is 6.04 Å². The molecule has 1 atom stereocenters. The van der Waals surface area contributed by atoms with Gasteiger partial charge in [-0.1, -0.05) is 48.5 Å². The number of nitrogens with one attached hydrogen (secondary N) is 2. The minimum Gasteiger partial charge on any atom is -0.357 e. The molecule has 0 fully saturated rings. The van der Waals surface area contributed by atoms with Gasteiger partial charge in [0.05, 0.1) is 0 Å². The zero-order chi connectivity index (χ0) is 14.1. The summed E-state index contributed by atoms with van der Waals surface area (Å²) in [7, 11) is 0. The second-order valence-electron chi connectivity index (χ2n) is 5.87. The van der Waals surface area contributed by atoms with Crippen LogP contribution in [-0.2, 0) is 13.0 Å². The van der Waals surface area contributed by atoms with Gasteiger partial charge in [0.1, 0.15) is 0 Å². The van der Waals surface area contributed by atoms with E-state index >= 15 is 0 Å². The van der Waals surface area contributed by atoms with E-state index in [-0.39, 0.29) is 12.4 Å². The highest BCUT2D eigenvalue weighted by Crippen LogP contribution is 2.34. The Bertz CT molecular complexity index is 748. The van der Waals surface area contributed by atoms with Crippen LogP contribution in [0, 0.1) is 0 Å². The number of aromatic nitrogens is 1. The van der Waals surface area contributed by atoms with Gasteiger partial charge in [-0.3, -0.25) is 0 Å². The van der Waals surface area contributed by atoms with E-state index in [1.165, 1.54) is 47.0 Å². The van der Waals surface area contributed by atoms with Gasteiger partial charge in [-0.25, -0.2) is 0 Å². The Morgan fingerprint density at radius 1 is 1.00 bits per heavy atom. The molecule has 1 aromatic heterocycles. The third kappa shape index (κ3) is 2.77. The van der Waals surface area contributed by atoms with Crippen molar-refractivity contribution >= 4 is 23.3 Å². The maximum absolute atomic E-state index is 3.72. The number of halogens is 1. The van der Waals surface area contributed by atoms with Gasteiger partial charge in [0.15, 0.2) is 0 Å². The van der Waals surface area contributed by atoms with Crippen molar-refractivity contribution in [3.05, 3.63) is 71.4 Å². The minimum atomic E-state index is 0. The second-order valence-corrected chi connectivity index (χ2v) is 5.87. The van der Waals surface area contributed by atoms with Crippen LogP contribution in [-0.4, -0.2) is 4.98 Å². The number of rotatable bonds is 3. The van der Waals surface area contributed by atoms with Crippen molar-refractivity contribution in [3.63, 3.8) is 0 Å². The van der Waals surface area contributed by atoms with Gasteiger partial charge in [0.25, 0.3) is 0 Å². The number of hydrogen-bond acceptors (Lipinski definition) is 1. The lowest BCUT2D eigenvalue weighted by atomic mass is 9.91. The highest BCUT2D eigenvalue weighted by Gasteiger charge is 2.23. The first-order valence-electron chi connectivity index (χ1n) is 7.78. The summed E-state index contributed by atoms with van der Waals surface area (Å²) in [4.78, 5) is 3.64. The fourth-order valence-corrected chi connectivity index (χ4v) is 3.46. The van der Waals surface area contributed by atoms with Crippen molar-refractivity contribution in [1.82, 2.24) is 10.3 Å². The number of para-hydroxylation sites is 1. The molecule has 2 nitrogen and oxygen atoms in total. The predicted molar refractivity (Wildman–Crippen MR) is 94.5 cm³/mol. The Balaban J connectivity index is 0.00000144. The van der Waals surface area contributed by atoms with E-state index in [2.05, 4.69) is 64.9 Å². The summed E-state index contributed by atoms with van der Waals surface area (Å²) in [5.74, 6) is 0. The van der Waals surface area contributed by atoms with Crippen molar-refractivity contribution in [2.45, 2.75) is 31.8 Å². The molecule has 1 aliphatic rings. The molecule has 22 heavy (non-hydrogen) atoms. The van der Waals surface area contributed by atoms with Crippen molar-refractivity contribution in [3.8, 4) is 0 Å². The number of H-pyrrole nitrogens is 1. The van der Waals surface area contributed by atoms with Crippen LogP contribution in [0.2, 0.25) is 0 Å². The molecule has 1 aliphatic carbocycles. The van der Waals surface area contributed by atoms with Crippen LogP contribution in [0.25, 0.3) is 10.9 Å². The van der Waals surface area contributed by atoms with Gasteiger partial charge in [0, 0.05) is 29.2 Å². The largest absolute Gasteiger partial charge is 0.357 e. The van der Waals surface area contributed by atoms with Gasteiger partial charge in [-0.2, -0.15) is 0 Å². The lowest BCUT2D eigenvalue weighted by molar-refractivity contribution is 0.452. The summed E-state index contributed by atoms with van der Waals surface area (Å²) in [6.07, 6.45) is 3.68. The summed E-state index contributed by atoms with van der Waals surface area (Å²) in [6, 6.07) is 19.8. The van der Waals surface area contributed by atoms with Crippen molar-refractivity contribution in [2.24, 2.45) is 0 Å². The fraction of sp³-hybridized carbons (Fsp3) is 0.263. The van der Waals surface area contributed by atoms with Crippen LogP contribution in [0.15, 0.2) is 54.6 Å². The van der Waals surface area contributed by atoms with Crippen molar-refractivity contribution in [2.75, 3.05) is 0 Å². The van der Waals surface area contributed by atoms with Crippen LogP contribution in [0.4, 0.5) is 0 Å². The second kappa shape index (κ2) is 6.55. The molecule has 0 spiro atoms. The average molecular weight is 313 g/mol. The molecule has 3 heteroatoms. The molecule has 4 rings (SSSR count). The molecule has 0 aliphatic heterocycles. The van der Waals surface area contributed by atoms with Crippen LogP contribution in [0.1, 0.15) is 35.7 Å². The Kier molecular flexibility index (Phi) is 4.51. The van der Waals surface area contributed by atoms with Crippen molar-refractivity contribution < 1.29 is 0 Å². The SMILES string of the molecule is Cl.c1ccc(CNC2CCCc3c2[nH]c2ccccc32)cc1. The number of fused-ring (bicyclic) bond motifs is 3. The third-order valence-electron chi connectivity index (χ3n) is 4.51. The molecule has 2 aromatic carbocycles. The van der Waals surface area contributed by atoms with Crippen LogP contribution >= 0.6 is 12.4 Å². The number of aromatic amines is 1. The first kappa shape index (κ1) is 15.1. The summed E-state index contributed by atoms with van der Waals surface area (Å²) in [6.45, 7) is 0.931. The molecule has 0 amide bonds. The standard InChI is InChI=1S/C19H20N2.ClH/c1-2-7-14(8-3-1)13-20-18-12-6-10-16-15-9-4-5-11-17(15)21-19(16)18;/h1-5,7-9,11,18,20-21H,6,10,12-13H2;1H. The van der Waals surface area contributed by atoms with E-state index < -0.39 is 0 Å². The molecular formula is C19H21ClN2. The predicted octanol–water partition coefficient (Wildman–Crippen LogP) is 4.76. The normalized spacial score (nSPS) is 17.0. The van der Waals surface area contributed by atoms with Crippen LogP contribution < -0.4 is 5.32 Å². The van der Waals surface area contributed by atoms with Gasteiger partial charge in [-0.05, 0) is 36.5 Å². The summed E-state index contributed by atoms with van der Waals surface area (Å²) in [5.41, 5.74) is 5.54. The summed E-state index contributed by atoms with van der Waals surface area (Å²) in [5, 5.41) is 5.13. The Morgan fingerprint density at radius 3 is 2.64 bits per heavy atom. The van der Waals surface area contributed by atoms with Crippen LogP contribution in [0.5, 0.6) is 0 Å². The van der Waals surface area contributed by atoms with E-state index in [4.69, 9.17) is 0 Å². The third-order valence-corrected chi connectivity index (χ3v) is 4.51. The molecule has 1 heterocycles. The van der Waals surface area contributed by atoms with E-state index in [1.807, 2.05) is 0 Å². The Morgan fingerprint density at radius 2 is 1.77 bits per heavy atom. The van der Waals surface area contributed by atoms with E-state index in [0.717, 1.165) is 6.54 Å². The van der Waals surface area contributed by atoms with Gasteiger partial charge < -0.3 is 10.3 Å².